The Hall–Kier alpha value is -2.36. The summed E-state index contributed by atoms with van der Waals surface area (Å²) in [5.41, 5.74) is 3.62. The molecular weight excluding hydrogens is 276 g/mol. The van der Waals surface area contributed by atoms with Crippen LogP contribution in [0.4, 0.5) is 4.79 Å². The van der Waals surface area contributed by atoms with E-state index in [0.717, 1.165) is 12.0 Å². The lowest BCUT2D eigenvalue weighted by Crippen LogP contribution is -2.30. The maximum Gasteiger partial charge on any atom is 0.407 e. The summed E-state index contributed by atoms with van der Waals surface area (Å²) in [5.74, 6) is 0.190. The average molecular weight is 298 g/mol. The van der Waals surface area contributed by atoms with Crippen LogP contribution in [-0.4, -0.2) is 24.2 Å². The summed E-state index contributed by atoms with van der Waals surface area (Å²) in [6, 6.07) is 12.3. The Bertz CT molecular complexity index is 599. The van der Waals surface area contributed by atoms with Crippen LogP contribution in [0.1, 0.15) is 29.5 Å². The second-order valence-electron chi connectivity index (χ2n) is 5.22. The van der Waals surface area contributed by atoms with Crippen LogP contribution < -0.4 is 5.32 Å². The number of ether oxygens (including phenoxy) is 1. The fourth-order valence-corrected chi connectivity index (χ4v) is 2.53. The molecule has 0 aliphatic rings. The maximum absolute atomic E-state index is 11.6. The average Bonchev–Trinajstić information content (AvgIpc) is 2.53. The minimum Gasteiger partial charge on any atom is -0.450 e. The molecule has 1 aromatic heterocycles. The van der Waals surface area contributed by atoms with Gasteiger partial charge in [-0.15, -0.1) is 0 Å². The molecule has 0 saturated heterocycles. The number of aromatic nitrogens is 1. The van der Waals surface area contributed by atoms with E-state index in [9.17, 15) is 4.79 Å². The van der Waals surface area contributed by atoms with Crippen molar-refractivity contribution in [3.05, 3.63) is 65.5 Å². The second kappa shape index (κ2) is 8.17. The van der Waals surface area contributed by atoms with Gasteiger partial charge in [0.05, 0.1) is 6.61 Å². The lowest BCUT2D eigenvalue weighted by Gasteiger charge is -2.20. The summed E-state index contributed by atoms with van der Waals surface area (Å²) in [5, 5.41) is 2.85. The van der Waals surface area contributed by atoms with E-state index in [0.29, 0.717) is 13.2 Å². The van der Waals surface area contributed by atoms with Crippen LogP contribution in [0.2, 0.25) is 0 Å². The maximum atomic E-state index is 11.6. The van der Waals surface area contributed by atoms with Crippen LogP contribution >= 0.6 is 0 Å². The smallest absolute Gasteiger partial charge is 0.407 e. The molecule has 1 atom stereocenters. The van der Waals surface area contributed by atoms with Gasteiger partial charge in [0, 0.05) is 24.9 Å². The van der Waals surface area contributed by atoms with Crippen LogP contribution in [-0.2, 0) is 11.2 Å². The number of alkyl carbamates (subject to hydrolysis) is 1. The molecule has 2 rings (SSSR count). The molecule has 0 saturated carbocycles. The SMILES string of the molecule is CCOC(=O)NCC(Cc1cccnc1)c1ccccc1C. The van der Waals surface area contributed by atoms with Gasteiger partial charge in [0.15, 0.2) is 0 Å². The van der Waals surface area contributed by atoms with Gasteiger partial charge in [-0.05, 0) is 43.0 Å². The van der Waals surface area contributed by atoms with E-state index >= 15 is 0 Å². The third kappa shape index (κ3) is 4.58. The molecule has 116 valence electrons. The van der Waals surface area contributed by atoms with E-state index in [1.54, 1.807) is 13.1 Å². The Morgan fingerprint density at radius 2 is 2.09 bits per heavy atom. The molecule has 0 spiro atoms. The molecule has 22 heavy (non-hydrogen) atoms. The summed E-state index contributed by atoms with van der Waals surface area (Å²) in [4.78, 5) is 15.7. The molecule has 0 fully saturated rings. The number of amides is 1. The van der Waals surface area contributed by atoms with Gasteiger partial charge < -0.3 is 10.1 Å². The van der Waals surface area contributed by atoms with Gasteiger partial charge in [-0.2, -0.15) is 0 Å². The highest BCUT2D eigenvalue weighted by atomic mass is 16.5. The molecular formula is C18H22N2O2. The third-order valence-corrected chi connectivity index (χ3v) is 3.60. The first-order valence-corrected chi connectivity index (χ1v) is 7.55. The highest BCUT2D eigenvalue weighted by molar-refractivity contribution is 5.67. The van der Waals surface area contributed by atoms with Crippen molar-refractivity contribution in [3.63, 3.8) is 0 Å². The minimum atomic E-state index is -0.368. The van der Waals surface area contributed by atoms with E-state index in [-0.39, 0.29) is 12.0 Å². The largest absolute Gasteiger partial charge is 0.450 e. The zero-order valence-electron chi connectivity index (χ0n) is 13.1. The molecule has 4 nitrogen and oxygen atoms in total. The van der Waals surface area contributed by atoms with Gasteiger partial charge >= 0.3 is 6.09 Å². The van der Waals surface area contributed by atoms with Crippen LogP contribution in [0.25, 0.3) is 0 Å². The first-order chi connectivity index (χ1) is 10.7. The first-order valence-electron chi connectivity index (χ1n) is 7.55. The predicted octanol–water partition coefficient (Wildman–Crippen LogP) is 3.46. The van der Waals surface area contributed by atoms with Crippen LogP contribution in [0.5, 0.6) is 0 Å². The van der Waals surface area contributed by atoms with Gasteiger partial charge in [-0.25, -0.2) is 4.79 Å². The van der Waals surface area contributed by atoms with E-state index in [1.807, 2.05) is 24.4 Å². The van der Waals surface area contributed by atoms with Gasteiger partial charge in [-0.1, -0.05) is 30.3 Å². The summed E-state index contributed by atoms with van der Waals surface area (Å²) < 4.78 is 4.95. The number of carbonyl (C=O) groups is 1. The molecule has 0 radical (unpaired) electrons. The van der Waals surface area contributed by atoms with E-state index in [4.69, 9.17) is 4.74 Å². The monoisotopic (exact) mass is 298 g/mol. The number of nitrogens with one attached hydrogen (secondary N) is 1. The third-order valence-electron chi connectivity index (χ3n) is 3.60. The predicted molar refractivity (Wildman–Crippen MR) is 86.9 cm³/mol. The number of pyridine rings is 1. The van der Waals surface area contributed by atoms with E-state index < -0.39 is 0 Å². The normalized spacial score (nSPS) is 11.7. The lowest BCUT2D eigenvalue weighted by molar-refractivity contribution is 0.151. The molecule has 1 amide bonds. The van der Waals surface area contributed by atoms with Crippen molar-refractivity contribution in [1.82, 2.24) is 10.3 Å². The van der Waals surface area contributed by atoms with Crippen molar-refractivity contribution in [1.29, 1.82) is 0 Å². The van der Waals surface area contributed by atoms with Crippen LogP contribution in [0.15, 0.2) is 48.8 Å². The zero-order valence-corrected chi connectivity index (χ0v) is 13.1. The summed E-state index contributed by atoms with van der Waals surface area (Å²) in [6.07, 6.45) is 4.09. The fourth-order valence-electron chi connectivity index (χ4n) is 2.53. The van der Waals surface area contributed by atoms with Crippen molar-refractivity contribution in [2.45, 2.75) is 26.2 Å². The Labute approximate surface area is 131 Å². The first kappa shape index (κ1) is 16.0. The second-order valence-corrected chi connectivity index (χ2v) is 5.22. The summed E-state index contributed by atoms with van der Waals surface area (Å²) in [7, 11) is 0. The highest BCUT2D eigenvalue weighted by Gasteiger charge is 2.16. The van der Waals surface area contributed by atoms with E-state index in [2.05, 4.69) is 35.4 Å². The molecule has 1 heterocycles. The Kier molecular flexibility index (Phi) is 5.95. The number of aryl methyl sites for hydroxylation is 1. The quantitative estimate of drug-likeness (QED) is 0.888. The van der Waals surface area contributed by atoms with Crippen molar-refractivity contribution < 1.29 is 9.53 Å². The van der Waals surface area contributed by atoms with Crippen molar-refractivity contribution in [2.24, 2.45) is 0 Å². The zero-order chi connectivity index (χ0) is 15.8. The van der Waals surface area contributed by atoms with Crippen LogP contribution in [0.3, 0.4) is 0 Å². The summed E-state index contributed by atoms with van der Waals surface area (Å²) >= 11 is 0. The molecule has 2 aromatic rings. The van der Waals surface area contributed by atoms with E-state index in [1.165, 1.54) is 11.1 Å². The van der Waals surface area contributed by atoms with Gasteiger partial charge in [0.25, 0.3) is 0 Å². The topological polar surface area (TPSA) is 51.2 Å². The molecule has 1 N–H and O–H groups in total. The standard InChI is InChI=1S/C18H22N2O2/c1-3-22-18(21)20-13-16(11-15-8-6-10-19-12-15)17-9-5-4-7-14(17)2/h4-10,12,16H,3,11,13H2,1-2H3,(H,20,21). The number of benzene rings is 1. The molecule has 1 aromatic carbocycles. The number of hydrogen-bond donors (Lipinski definition) is 1. The highest BCUT2D eigenvalue weighted by Crippen LogP contribution is 2.23. The molecule has 4 heteroatoms. The minimum absolute atomic E-state index is 0.190. The number of rotatable bonds is 6. The van der Waals surface area contributed by atoms with Crippen molar-refractivity contribution >= 4 is 6.09 Å². The molecule has 0 bridgehead atoms. The fraction of sp³-hybridized carbons (Fsp3) is 0.333. The Morgan fingerprint density at radius 1 is 1.27 bits per heavy atom. The van der Waals surface area contributed by atoms with Gasteiger partial charge in [0.2, 0.25) is 0 Å². The lowest BCUT2D eigenvalue weighted by atomic mass is 9.89. The number of hydrogen-bond acceptors (Lipinski definition) is 3. The number of carbonyl (C=O) groups excluding carboxylic acids is 1. The Balaban J connectivity index is 2.14. The van der Waals surface area contributed by atoms with Crippen LogP contribution in [0, 0.1) is 6.92 Å². The Morgan fingerprint density at radius 3 is 2.77 bits per heavy atom. The van der Waals surface area contributed by atoms with Crippen molar-refractivity contribution in [3.8, 4) is 0 Å². The van der Waals surface area contributed by atoms with Crippen molar-refractivity contribution in [2.75, 3.05) is 13.2 Å². The summed E-state index contributed by atoms with van der Waals surface area (Å²) in [6.45, 7) is 4.81. The number of nitrogens with zero attached hydrogens (tertiary/aromatic N) is 1. The molecule has 0 aliphatic heterocycles. The molecule has 0 aliphatic carbocycles. The molecule has 1 unspecified atom stereocenters. The van der Waals surface area contributed by atoms with Gasteiger partial charge in [-0.3, -0.25) is 4.98 Å². The van der Waals surface area contributed by atoms with Gasteiger partial charge in [0.1, 0.15) is 0 Å².